The summed E-state index contributed by atoms with van der Waals surface area (Å²) in [5.41, 5.74) is 0. The number of halogens is 1. The van der Waals surface area contributed by atoms with Crippen LogP contribution < -0.4 is 5.32 Å². The van der Waals surface area contributed by atoms with Crippen LogP contribution in [0.5, 0.6) is 0 Å². The third-order valence-corrected chi connectivity index (χ3v) is 3.23. The molecule has 1 saturated heterocycles. The Hall–Kier alpha value is -0.120. The molecular weight excluding hydrogens is 180 g/mol. The Balaban J connectivity index is 2.15. The first-order valence-corrected chi connectivity index (χ1v) is 4.93. The van der Waals surface area contributed by atoms with E-state index in [9.17, 15) is 0 Å². The highest BCUT2D eigenvalue weighted by Gasteiger charge is 2.19. The maximum absolute atomic E-state index is 5.72. The van der Waals surface area contributed by atoms with Gasteiger partial charge in [-0.1, -0.05) is 11.6 Å². The van der Waals surface area contributed by atoms with E-state index in [0.717, 1.165) is 13.1 Å². The zero-order valence-corrected chi connectivity index (χ0v) is 7.58. The normalized spacial score (nSPS) is 24.3. The van der Waals surface area contributed by atoms with Crippen LogP contribution in [0.1, 0.15) is 17.3 Å². The molecule has 1 aliphatic heterocycles. The van der Waals surface area contributed by atoms with E-state index in [-0.39, 0.29) is 0 Å². The summed E-state index contributed by atoms with van der Waals surface area (Å²) in [5, 5.41) is 7.02. The lowest BCUT2D eigenvalue weighted by Crippen LogP contribution is -2.07. The van der Waals surface area contributed by atoms with E-state index in [1.54, 1.807) is 11.3 Å². The summed E-state index contributed by atoms with van der Waals surface area (Å²) in [6.45, 7) is 2.17. The average molecular weight is 189 g/mol. The second kappa shape index (κ2) is 3.09. The molecule has 1 atom stereocenters. The second-order valence-corrected chi connectivity index (χ2v) is 3.98. The Kier molecular flexibility index (Phi) is 2.11. The first kappa shape index (κ1) is 7.53. The molecule has 11 heavy (non-hydrogen) atoms. The van der Waals surface area contributed by atoms with Gasteiger partial charge >= 0.3 is 0 Å². The fourth-order valence-corrected chi connectivity index (χ4v) is 2.41. The van der Waals surface area contributed by atoms with Gasteiger partial charge in [0.2, 0.25) is 0 Å². The summed E-state index contributed by atoms with van der Waals surface area (Å²) < 4.78 is 0. The molecule has 0 aliphatic carbocycles. The molecule has 0 amide bonds. The molecule has 0 saturated carbocycles. The van der Waals surface area contributed by atoms with E-state index >= 15 is 0 Å². The van der Waals surface area contributed by atoms with Crippen LogP contribution in [0.3, 0.4) is 0 Å². The summed E-state index contributed by atoms with van der Waals surface area (Å²) in [7, 11) is 0. The van der Waals surface area contributed by atoms with Gasteiger partial charge in [-0.2, -0.15) is 0 Å². The summed E-state index contributed by atoms with van der Waals surface area (Å²) >= 11 is 7.38. The molecule has 2 heterocycles. The molecule has 1 aliphatic rings. The molecule has 60 valence electrons. The first-order valence-electron chi connectivity index (χ1n) is 3.68. The monoisotopic (exact) mass is 188 g/mol. The van der Waals surface area contributed by atoms with Crippen LogP contribution in [0.4, 0.5) is 0 Å². The lowest BCUT2D eigenvalue weighted by atomic mass is 10.1. The summed E-state index contributed by atoms with van der Waals surface area (Å²) in [5.74, 6) is 0.604. The van der Waals surface area contributed by atoms with E-state index in [0.29, 0.717) is 11.1 Å². The molecule has 1 fully saturated rings. The van der Waals surface area contributed by atoms with Crippen molar-refractivity contribution >= 4 is 22.9 Å². The van der Waals surface area contributed by atoms with E-state index in [4.69, 9.17) is 11.6 Å². The average Bonchev–Trinajstić information content (AvgIpc) is 2.55. The Labute approximate surface area is 74.6 Å². The Morgan fingerprint density at radius 1 is 1.73 bits per heavy atom. The summed E-state index contributed by atoms with van der Waals surface area (Å²) in [6, 6.07) is 0. The molecule has 4 heteroatoms. The predicted molar refractivity (Wildman–Crippen MR) is 47.4 cm³/mol. The molecule has 1 unspecified atom stereocenters. The van der Waals surface area contributed by atoms with Gasteiger partial charge in [0.25, 0.3) is 0 Å². The molecule has 0 spiro atoms. The number of hydrogen-bond donors (Lipinski definition) is 1. The fourth-order valence-electron chi connectivity index (χ4n) is 1.32. The van der Waals surface area contributed by atoms with Crippen molar-refractivity contribution in [2.75, 3.05) is 13.1 Å². The highest BCUT2D eigenvalue weighted by molar-refractivity contribution is 7.10. The van der Waals surface area contributed by atoms with Crippen LogP contribution in [0.2, 0.25) is 5.15 Å². The Bertz CT molecular complexity index is 242. The van der Waals surface area contributed by atoms with Crippen LogP contribution in [0.15, 0.2) is 5.38 Å². The number of rotatable bonds is 1. The SMILES string of the molecule is Clc1csc(C2CCNC2)n1. The van der Waals surface area contributed by atoms with Crippen molar-refractivity contribution in [3.63, 3.8) is 0 Å². The molecular formula is C7H9ClN2S. The zero-order chi connectivity index (χ0) is 7.68. The lowest BCUT2D eigenvalue weighted by molar-refractivity contribution is 0.755. The quantitative estimate of drug-likeness (QED) is 0.728. The van der Waals surface area contributed by atoms with E-state index in [1.807, 2.05) is 5.38 Å². The van der Waals surface area contributed by atoms with Crippen molar-refractivity contribution in [3.05, 3.63) is 15.5 Å². The predicted octanol–water partition coefficient (Wildman–Crippen LogP) is 1.87. The number of thiazole rings is 1. The number of nitrogens with one attached hydrogen (secondary N) is 1. The van der Waals surface area contributed by atoms with Gasteiger partial charge in [0.05, 0.1) is 5.01 Å². The van der Waals surface area contributed by atoms with E-state index in [1.165, 1.54) is 11.4 Å². The number of aromatic nitrogens is 1. The largest absolute Gasteiger partial charge is 0.316 e. The third kappa shape index (κ3) is 1.55. The lowest BCUT2D eigenvalue weighted by Gasteiger charge is -2.00. The van der Waals surface area contributed by atoms with Crippen LogP contribution >= 0.6 is 22.9 Å². The van der Waals surface area contributed by atoms with Crippen molar-refractivity contribution < 1.29 is 0 Å². The van der Waals surface area contributed by atoms with Gasteiger partial charge in [0, 0.05) is 17.8 Å². The van der Waals surface area contributed by atoms with Gasteiger partial charge in [-0.05, 0) is 13.0 Å². The Morgan fingerprint density at radius 3 is 3.18 bits per heavy atom. The van der Waals surface area contributed by atoms with Crippen LogP contribution in [-0.2, 0) is 0 Å². The van der Waals surface area contributed by atoms with Gasteiger partial charge in [-0.3, -0.25) is 0 Å². The summed E-state index contributed by atoms with van der Waals surface area (Å²) in [6.07, 6.45) is 1.20. The standard InChI is InChI=1S/C7H9ClN2S/c8-6-4-11-7(10-6)5-1-2-9-3-5/h4-5,9H,1-3H2. The van der Waals surface area contributed by atoms with Gasteiger partial charge in [-0.15, -0.1) is 11.3 Å². The summed E-state index contributed by atoms with van der Waals surface area (Å²) in [4.78, 5) is 4.24. The van der Waals surface area contributed by atoms with Gasteiger partial charge in [0.1, 0.15) is 5.15 Å². The highest BCUT2D eigenvalue weighted by Crippen LogP contribution is 2.26. The number of nitrogens with zero attached hydrogens (tertiary/aromatic N) is 1. The van der Waals surface area contributed by atoms with Gasteiger partial charge in [0.15, 0.2) is 0 Å². The second-order valence-electron chi connectivity index (χ2n) is 2.70. The first-order chi connectivity index (χ1) is 5.36. The molecule has 1 N–H and O–H groups in total. The maximum Gasteiger partial charge on any atom is 0.140 e. The minimum absolute atomic E-state index is 0.604. The maximum atomic E-state index is 5.72. The van der Waals surface area contributed by atoms with Gasteiger partial charge < -0.3 is 5.32 Å². The molecule has 2 rings (SSSR count). The topological polar surface area (TPSA) is 24.9 Å². The molecule has 0 bridgehead atoms. The van der Waals surface area contributed by atoms with Crippen molar-refractivity contribution in [2.24, 2.45) is 0 Å². The van der Waals surface area contributed by atoms with Crippen LogP contribution in [-0.4, -0.2) is 18.1 Å². The van der Waals surface area contributed by atoms with Crippen molar-refractivity contribution in [1.29, 1.82) is 0 Å². The van der Waals surface area contributed by atoms with Crippen LogP contribution in [0, 0.1) is 0 Å². The van der Waals surface area contributed by atoms with Gasteiger partial charge in [-0.25, -0.2) is 4.98 Å². The van der Waals surface area contributed by atoms with Crippen molar-refractivity contribution in [3.8, 4) is 0 Å². The van der Waals surface area contributed by atoms with Crippen LogP contribution in [0.25, 0.3) is 0 Å². The van der Waals surface area contributed by atoms with E-state index < -0.39 is 0 Å². The minimum atomic E-state index is 0.604. The molecule has 0 radical (unpaired) electrons. The highest BCUT2D eigenvalue weighted by atomic mass is 35.5. The fraction of sp³-hybridized carbons (Fsp3) is 0.571. The molecule has 1 aromatic heterocycles. The molecule has 2 nitrogen and oxygen atoms in total. The molecule has 1 aromatic rings. The molecule has 0 aromatic carbocycles. The Morgan fingerprint density at radius 2 is 2.64 bits per heavy atom. The minimum Gasteiger partial charge on any atom is -0.316 e. The van der Waals surface area contributed by atoms with Crippen molar-refractivity contribution in [1.82, 2.24) is 10.3 Å². The smallest absolute Gasteiger partial charge is 0.140 e. The third-order valence-electron chi connectivity index (χ3n) is 1.90. The van der Waals surface area contributed by atoms with E-state index in [2.05, 4.69) is 10.3 Å². The van der Waals surface area contributed by atoms with Crippen molar-refractivity contribution in [2.45, 2.75) is 12.3 Å². The zero-order valence-electron chi connectivity index (χ0n) is 6.01. The number of hydrogen-bond acceptors (Lipinski definition) is 3.